The van der Waals surface area contributed by atoms with E-state index >= 15 is 0 Å². The molecule has 0 radical (unpaired) electrons. The number of ether oxygens (including phenoxy) is 1. The number of hydrogen-bond acceptors (Lipinski definition) is 7. The maximum Gasteiger partial charge on any atom is 0.270 e. The number of amides is 3. The van der Waals surface area contributed by atoms with Gasteiger partial charge in [-0.15, -0.1) is 0 Å². The van der Waals surface area contributed by atoms with Crippen LogP contribution >= 0.6 is 11.6 Å². The Morgan fingerprint density at radius 1 is 1.15 bits per heavy atom. The SMILES string of the molecule is O=C(CN1CN(c2ccccc2)C2(CCN(C(=O)c3ccc([N+](=O)[O-])cc3Cl)CC2)C1=O)NCC1CCCO1. The molecule has 1 N–H and O–H groups in total. The van der Waals surface area contributed by atoms with Crippen molar-refractivity contribution in [1.82, 2.24) is 15.1 Å². The van der Waals surface area contributed by atoms with E-state index in [2.05, 4.69) is 5.32 Å². The Kier molecular flexibility index (Phi) is 7.72. The Hall–Kier alpha value is -3.70. The normalized spacial score (nSPS) is 20.5. The summed E-state index contributed by atoms with van der Waals surface area (Å²) in [7, 11) is 0. The van der Waals surface area contributed by atoms with Crippen molar-refractivity contribution in [3.05, 3.63) is 69.2 Å². The summed E-state index contributed by atoms with van der Waals surface area (Å²) in [4.78, 5) is 55.5. The van der Waals surface area contributed by atoms with Gasteiger partial charge in [-0.2, -0.15) is 0 Å². The fourth-order valence-electron chi connectivity index (χ4n) is 5.63. The first kappa shape index (κ1) is 26.9. The van der Waals surface area contributed by atoms with Crippen molar-refractivity contribution in [2.75, 3.05) is 44.4 Å². The highest BCUT2D eigenvalue weighted by atomic mass is 35.5. The number of nitro groups is 1. The number of non-ortho nitro benzene ring substituents is 1. The van der Waals surface area contributed by atoms with E-state index in [0.717, 1.165) is 18.5 Å². The predicted octanol–water partition coefficient (Wildman–Crippen LogP) is 2.82. The van der Waals surface area contributed by atoms with Gasteiger partial charge < -0.3 is 24.8 Å². The van der Waals surface area contributed by atoms with Crippen LogP contribution < -0.4 is 10.2 Å². The zero-order chi connectivity index (χ0) is 27.6. The molecule has 12 heteroatoms. The van der Waals surface area contributed by atoms with Crippen LogP contribution in [0.1, 0.15) is 36.0 Å². The third-order valence-corrected chi connectivity index (χ3v) is 8.05. The molecular formula is C27H30ClN5O6. The summed E-state index contributed by atoms with van der Waals surface area (Å²) in [5.74, 6) is -0.713. The second-order valence-electron chi connectivity index (χ2n) is 10.1. The molecule has 5 rings (SSSR count). The molecule has 3 amide bonds. The minimum absolute atomic E-state index is 0.0116. The standard InChI is InChI=1S/C27H30ClN5O6/c28-23-15-20(33(37)38)8-9-22(23)25(35)30-12-10-27(11-13-30)26(36)31(18-32(27)19-5-2-1-3-6-19)17-24(34)29-16-21-7-4-14-39-21/h1-3,5-6,8-9,15,21H,4,7,10-14,16-18H2,(H,29,34). The van der Waals surface area contributed by atoms with Crippen molar-refractivity contribution in [2.24, 2.45) is 0 Å². The van der Waals surface area contributed by atoms with Crippen molar-refractivity contribution < 1.29 is 24.0 Å². The van der Waals surface area contributed by atoms with Crippen LogP contribution in [0.15, 0.2) is 48.5 Å². The third kappa shape index (κ3) is 5.41. The van der Waals surface area contributed by atoms with Gasteiger partial charge in [-0.05, 0) is 43.9 Å². The zero-order valence-corrected chi connectivity index (χ0v) is 22.1. The Balaban J connectivity index is 1.30. The first-order valence-corrected chi connectivity index (χ1v) is 13.4. The summed E-state index contributed by atoms with van der Waals surface area (Å²) in [5.41, 5.74) is -0.0393. The second-order valence-corrected chi connectivity index (χ2v) is 10.5. The van der Waals surface area contributed by atoms with Gasteiger partial charge >= 0.3 is 0 Å². The molecule has 3 fully saturated rings. The molecule has 3 aliphatic rings. The third-order valence-electron chi connectivity index (χ3n) is 7.74. The van der Waals surface area contributed by atoms with E-state index in [0.29, 0.717) is 39.1 Å². The molecule has 1 spiro atoms. The van der Waals surface area contributed by atoms with Gasteiger partial charge in [0.2, 0.25) is 5.91 Å². The minimum atomic E-state index is -0.897. The molecule has 3 heterocycles. The first-order chi connectivity index (χ1) is 18.8. The highest BCUT2D eigenvalue weighted by molar-refractivity contribution is 6.34. The van der Waals surface area contributed by atoms with Crippen LogP contribution in [0.3, 0.4) is 0 Å². The summed E-state index contributed by atoms with van der Waals surface area (Å²) in [5, 5.41) is 13.9. The number of likely N-dealkylation sites (tertiary alicyclic amines) is 1. The minimum Gasteiger partial charge on any atom is -0.376 e. The van der Waals surface area contributed by atoms with E-state index in [1.807, 2.05) is 35.2 Å². The lowest BCUT2D eigenvalue weighted by Crippen LogP contribution is -2.57. The van der Waals surface area contributed by atoms with Gasteiger partial charge in [-0.1, -0.05) is 29.8 Å². The van der Waals surface area contributed by atoms with Crippen LogP contribution in [-0.4, -0.2) is 83.5 Å². The Labute approximate surface area is 230 Å². The van der Waals surface area contributed by atoms with E-state index in [4.69, 9.17) is 16.3 Å². The van der Waals surface area contributed by atoms with Gasteiger partial charge in [0.15, 0.2) is 0 Å². The number of carbonyl (C=O) groups excluding carboxylic acids is 3. The molecule has 0 saturated carbocycles. The smallest absolute Gasteiger partial charge is 0.270 e. The Morgan fingerprint density at radius 2 is 1.90 bits per heavy atom. The number of anilines is 1. The molecule has 3 saturated heterocycles. The second kappa shape index (κ2) is 11.2. The number of halogens is 1. The molecule has 1 unspecified atom stereocenters. The number of nitrogens with zero attached hydrogens (tertiary/aromatic N) is 4. The topological polar surface area (TPSA) is 125 Å². The Bertz CT molecular complexity index is 1260. The molecule has 206 valence electrons. The molecule has 39 heavy (non-hydrogen) atoms. The number of nitro benzene ring substituents is 1. The molecule has 3 aliphatic heterocycles. The molecular weight excluding hydrogens is 526 g/mol. The molecule has 0 aliphatic carbocycles. The van der Waals surface area contributed by atoms with Crippen molar-refractivity contribution in [3.63, 3.8) is 0 Å². The highest BCUT2D eigenvalue weighted by Crippen LogP contribution is 2.40. The number of piperidine rings is 1. The van der Waals surface area contributed by atoms with Crippen LogP contribution in [0.5, 0.6) is 0 Å². The quantitative estimate of drug-likeness (QED) is 0.411. The average Bonchev–Trinajstić information content (AvgIpc) is 3.55. The Morgan fingerprint density at radius 3 is 2.54 bits per heavy atom. The zero-order valence-electron chi connectivity index (χ0n) is 21.4. The van der Waals surface area contributed by atoms with E-state index in [9.17, 15) is 24.5 Å². The van der Waals surface area contributed by atoms with E-state index in [1.165, 1.54) is 18.2 Å². The lowest BCUT2D eigenvalue weighted by Gasteiger charge is -2.43. The summed E-state index contributed by atoms with van der Waals surface area (Å²) in [6, 6.07) is 13.4. The summed E-state index contributed by atoms with van der Waals surface area (Å²) >= 11 is 6.20. The van der Waals surface area contributed by atoms with Crippen molar-refractivity contribution in [3.8, 4) is 0 Å². The highest BCUT2D eigenvalue weighted by Gasteiger charge is 2.54. The molecule has 11 nitrogen and oxygen atoms in total. The summed E-state index contributed by atoms with van der Waals surface area (Å²) in [6.07, 6.45) is 2.64. The van der Waals surface area contributed by atoms with Crippen LogP contribution in [0.2, 0.25) is 5.02 Å². The average molecular weight is 556 g/mol. The lowest BCUT2D eigenvalue weighted by molar-refractivity contribution is -0.384. The molecule has 1 atom stereocenters. The van der Waals surface area contributed by atoms with E-state index in [1.54, 1.807) is 9.80 Å². The van der Waals surface area contributed by atoms with E-state index in [-0.39, 0.29) is 53.3 Å². The molecule has 2 aromatic carbocycles. The first-order valence-electron chi connectivity index (χ1n) is 13.0. The van der Waals surface area contributed by atoms with Gasteiger partial charge in [-0.25, -0.2) is 0 Å². The lowest BCUT2D eigenvalue weighted by atomic mass is 9.85. The number of para-hydroxylation sites is 1. The van der Waals surface area contributed by atoms with Gasteiger partial charge in [0, 0.05) is 44.1 Å². The summed E-state index contributed by atoms with van der Waals surface area (Å²) in [6.45, 7) is 1.92. The van der Waals surface area contributed by atoms with Crippen LogP contribution in [0, 0.1) is 10.1 Å². The van der Waals surface area contributed by atoms with Crippen molar-refractivity contribution in [2.45, 2.75) is 37.3 Å². The monoisotopic (exact) mass is 555 g/mol. The number of carbonyl (C=O) groups is 3. The van der Waals surface area contributed by atoms with Gasteiger partial charge in [-0.3, -0.25) is 24.5 Å². The maximum atomic E-state index is 13.9. The maximum absolute atomic E-state index is 13.9. The molecule has 2 aromatic rings. The van der Waals surface area contributed by atoms with Crippen molar-refractivity contribution >= 4 is 40.7 Å². The summed E-state index contributed by atoms with van der Waals surface area (Å²) < 4.78 is 5.57. The van der Waals surface area contributed by atoms with Gasteiger partial charge in [0.1, 0.15) is 12.1 Å². The fraction of sp³-hybridized carbons (Fsp3) is 0.444. The van der Waals surface area contributed by atoms with E-state index < -0.39 is 10.5 Å². The van der Waals surface area contributed by atoms with Crippen LogP contribution in [0.4, 0.5) is 11.4 Å². The number of rotatable bonds is 7. The number of benzene rings is 2. The molecule has 0 aromatic heterocycles. The van der Waals surface area contributed by atoms with Gasteiger partial charge in [0.25, 0.3) is 17.5 Å². The predicted molar refractivity (Wildman–Crippen MR) is 143 cm³/mol. The number of nitrogens with one attached hydrogen (secondary N) is 1. The van der Waals surface area contributed by atoms with Crippen molar-refractivity contribution in [1.29, 1.82) is 0 Å². The van der Waals surface area contributed by atoms with Crippen LogP contribution in [-0.2, 0) is 14.3 Å². The van der Waals surface area contributed by atoms with Gasteiger partial charge in [0.05, 0.1) is 28.3 Å². The number of hydrogen-bond donors (Lipinski definition) is 1. The van der Waals surface area contributed by atoms with Crippen LogP contribution in [0.25, 0.3) is 0 Å². The molecule has 0 bridgehead atoms. The largest absolute Gasteiger partial charge is 0.376 e. The fourth-order valence-corrected chi connectivity index (χ4v) is 5.88.